The summed E-state index contributed by atoms with van der Waals surface area (Å²) >= 11 is 0. The molecule has 0 aliphatic heterocycles. The number of carbonyl (C=O) groups is 2. The van der Waals surface area contributed by atoms with Crippen LogP contribution in [0.25, 0.3) is 21.8 Å². The third-order valence-electron chi connectivity index (χ3n) is 6.62. The first-order chi connectivity index (χ1) is 16.6. The van der Waals surface area contributed by atoms with E-state index in [9.17, 15) is 9.59 Å². The first-order valence-electron chi connectivity index (χ1n) is 11.8. The van der Waals surface area contributed by atoms with Gasteiger partial charge in [0.25, 0.3) is 0 Å². The quantitative estimate of drug-likeness (QED) is 0.343. The number of fused-ring (bicyclic) bond motifs is 3. The van der Waals surface area contributed by atoms with Crippen molar-refractivity contribution in [3.63, 3.8) is 0 Å². The second kappa shape index (κ2) is 9.65. The third-order valence-corrected chi connectivity index (χ3v) is 6.62. The largest absolute Gasteiger partial charge is 0.361 e. The smallest absolute Gasteiger partial charge is 0.243 e. The third kappa shape index (κ3) is 4.39. The first kappa shape index (κ1) is 22.1. The zero-order valence-electron chi connectivity index (χ0n) is 19.3. The minimum absolute atomic E-state index is 0.0870. The molecule has 7 nitrogen and oxygen atoms in total. The number of rotatable bonds is 7. The van der Waals surface area contributed by atoms with Gasteiger partial charge < -0.3 is 20.9 Å². The molecule has 2 aromatic carbocycles. The standard InChI is InChI=1S/C27H29N5O2/c1-28-24(14-17-15-29-21-11-5-2-8-18(17)21)27(34)30-16-25(33)32-26-19-9-3-6-12-22(19)31-23-13-7-4-10-20(23)26/h2-3,5-6,8-9,11-12,15,24,28-29H,4,7,10,13-14,16H2,1H3,(H,30,34)(H,31,32,33)/t24-/m0/s1. The molecule has 4 aromatic rings. The number of anilines is 1. The molecule has 2 amide bonds. The summed E-state index contributed by atoms with van der Waals surface area (Å²) in [6.45, 7) is -0.0870. The fourth-order valence-electron chi connectivity index (χ4n) is 4.84. The highest BCUT2D eigenvalue weighted by molar-refractivity contribution is 6.04. The van der Waals surface area contributed by atoms with Crippen LogP contribution in [0.1, 0.15) is 29.7 Å². The lowest BCUT2D eigenvalue weighted by atomic mass is 9.92. The number of pyridine rings is 1. The number of aromatic amines is 1. The van der Waals surface area contributed by atoms with E-state index in [-0.39, 0.29) is 18.4 Å². The lowest BCUT2D eigenvalue weighted by molar-refractivity contribution is -0.125. The van der Waals surface area contributed by atoms with E-state index in [1.165, 1.54) is 0 Å². The van der Waals surface area contributed by atoms with E-state index in [1.54, 1.807) is 7.05 Å². The number of hydrogen-bond acceptors (Lipinski definition) is 4. The van der Waals surface area contributed by atoms with Gasteiger partial charge in [0.2, 0.25) is 11.8 Å². The number of amides is 2. The monoisotopic (exact) mass is 455 g/mol. The normalized spacial score (nSPS) is 14.0. The van der Waals surface area contributed by atoms with E-state index < -0.39 is 6.04 Å². The minimum atomic E-state index is -0.443. The molecule has 174 valence electrons. The number of nitrogens with zero attached hydrogens (tertiary/aromatic N) is 1. The zero-order valence-corrected chi connectivity index (χ0v) is 19.3. The molecule has 1 aliphatic rings. The number of carbonyl (C=O) groups excluding carboxylic acids is 2. The van der Waals surface area contributed by atoms with Crippen LogP contribution in [0.15, 0.2) is 54.7 Å². The zero-order chi connectivity index (χ0) is 23.5. The van der Waals surface area contributed by atoms with Gasteiger partial charge in [-0.1, -0.05) is 36.4 Å². The van der Waals surface area contributed by atoms with Gasteiger partial charge in [-0.3, -0.25) is 14.6 Å². The lowest BCUT2D eigenvalue weighted by Crippen LogP contribution is -2.46. The molecule has 5 rings (SSSR count). The molecular formula is C27H29N5O2. The van der Waals surface area contributed by atoms with Crippen LogP contribution in [0.3, 0.4) is 0 Å². The van der Waals surface area contributed by atoms with E-state index in [2.05, 4.69) is 20.9 Å². The van der Waals surface area contributed by atoms with Crippen LogP contribution in [-0.4, -0.2) is 41.4 Å². The van der Waals surface area contributed by atoms with Crippen LogP contribution < -0.4 is 16.0 Å². The highest BCUT2D eigenvalue weighted by Gasteiger charge is 2.22. The summed E-state index contributed by atoms with van der Waals surface area (Å²) in [7, 11) is 1.76. The molecule has 34 heavy (non-hydrogen) atoms. The van der Waals surface area contributed by atoms with E-state index in [4.69, 9.17) is 4.98 Å². The van der Waals surface area contributed by atoms with Gasteiger partial charge in [-0.05, 0) is 62.4 Å². The van der Waals surface area contributed by atoms with Crippen molar-refractivity contribution in [3.8, 4) is 0 Å². The summed E-state index contributed by atoms with van der Waals surface area (Å²) in [6, 6.07) is 15.5. The van der Waals surface area contributed by atoms with E-state index in [0.29, 0.717) is 6.42 Å². The first-order valence-corrected chi connectivity index (χ1v) is 11.8. The van der Waals surface area contributed by atoms with Crippen LogP contribution in [0.5, 0.6) is 0 Å². The summed E-state index contributed by atoms with van der Waals surface area (Å²) in [6.07, 6.45) is 6.50. The van der Waals surface area contributed by atoms with Crippen molar-refractivity contribution in [1.29, 1.82) is 0 Å². The Labute approximate surface area is 198 Å². The van der Waals surface area contributed by atoms with Crippen molar-refractivity contribution in [2.45, 2.75) is 38.1 Å². The Morgan fingerprint density at radius 3 is 2.65 bits per heavy atom. The average Bonchev–Trinajstić information content (AvgIpc) is 3.28. The molecule has 0 radical (unpaired) electrons. The number of para-hydroxylation sites is 2. The van der Waals surface area contributed by atoms with Crippen molar-refractivity contribution in [1.82, 2.24) is 20.6 Å². The van der Waals surface area contributed by atoms with E-state index in [0.717, 1.165) is 70.0 Å². The number of benzene rings is 2. The van der Waals surface area contributed by atoms with Gasteiger partial charge in [-0.15, -0.1) is 0 Å². The highest BCUT2D eigenvalue weighted by atomic mass is 16.2. The fraction of sp³-hybridized carbons (Fsp3) is 0.296. The maximum atomic E-state index is 12.9. The predicted molar refractivity (Wildman–Crippen MR) is 135 cm³/mol. The van der Waals surface area contributed by atoms with Gasteiger partial charge in [0.15, 0.2) is 0 Å². The molecule has 1 aliphatic carbocycles. The average molecular weight is 456 g/mol. The molecule has 7 heteroatoms. The Morgan fingerprint density at radius 2 is 1.79 bits per heavy atom. The summed E-state index contributed by atoms with van der Waals surface area (Å²) in [5, 5.41) is 11.0. The number of likely N-dealkylation sites (N-methyl/N-ethyl adjacent to an activating group) is 1. The van der Waals surface area contributed by atoms with Crippen LogP contribution >= 0.6 is 0 Å². The van der Waals surface area contributed by atoms with Crippen molar-refractivity contribution < 1.29 is 9.59 Å². The molecular weight excluding hydrogens is 426 g/mol. The summed E-state index contributed by atoms with van der Waals surface area (Å²) in [5.41, 5.74) is 6.01. The Hall–Kier alpha value is -3.71. The Kier molecular flexibility index (Phi) is 6.27. The molecule has 0 saturated heterocycles. The number of H-pyrrole nitrogens is 1. The maximum absolute atomic E-state index is 12.9. The van der Waals surface area contributed by atoms with Gasteiger partial charge in [0.05, 0.1) is 23.8 Å². The molecule has 1 atom stereocenters. The Morgan fingerprint density at radius 1 is 1.03 bits per heavy atom. The second-order valence-electron chi connectivity index (χ2n) is 8.81. The van der Waals surface area contributed by atoms with Crippen molar-refractivity contribution >= 4 is 39.3 Å². The molecule has 0 bridgehead atoms. The van der Waals surface area contributed by atoms with E-state index >= 15 is 0 Å². The summed E-state index contributed by atoms with van der Waals surface area (Å²) in [5.74, 6) is -0.441. The summed E-state index contributed by atoms with van der Waals surface area (Å²) in [4.78, 5) is 33.8. The summed E-state index contributed by atoms with van der Waals surface area (Å²) < 4.78 is 0. The number of aromatic nitrogens is 2. The molecule has 0 unspecified atom stereocenters. The van der Waals surface area contributed by atoms with Gasteiger partial charge in [-0.2, -0.15) is 0 Å². The SMILES string of the molecule is CN[C@@H](Cc1c[nH]c2ccccc12)C(=O)NCC(=O)Nc1c2c(nc3ccccc13)CCCC2. The lowest BCUT2D eigenvalue weighted by Gasteiger charge is -2.21. The molecule has 0 spiro atoms. The van der Waals surface area contributed by atoms with Crippen LogP contribution in [0.2, 0.25) is 0 Å². The second-order valence-corrected chi connectivity index (χ2v) is 8.81. The highest BCUT2D eigenvalue weighted by Crippen LogP contribution is 2.33. The number of aryl methyl sites for hydroxylation is 1. The Balaban J connectivity index is 1.27. The van der Waals surface area contributed by atoms with Gasteiger partial charge in [0, 0.05) is 28.2 Å². The minimum Gasteiger partial charge on any atom is -0.361 e. The van der Waals surface area contributed by atoms with Crippen molar-refractivity contribution in [2.24, 2.45) is 0 Å². The molecule has 0 saturated carbocycles. The molecule has 0 fully saturated rings. The topological polar surface area (TPSA) is 98.9 Å². The van der Waals surface area contributed by atoms with Gasteiger partial charge in [0.1, 0.15) is 0 Å². The van der Waals surface area contributed by atoms with Gasteiger partial charge >= 0.3 is 0 Å². The van der Waals surface area contributed by atoms with Crippen LogP contribution in [0, 0.1) is 0 Å². The van der Waals surface area contributed by atoms with Crippen molar-refractivity contribution in [2.75, 3.05) is 18.9 Å². The van der Waals surface area contributed by atoms with E-state index in [1.807, 2.05) is 54.7 Å². The maximum Gasteiger partial charge on any atom is 0.243 e. The molecule has 2 heterocycles. The van der Waals surface area contributed by atoms with Gasteiger partial charge in [-0.25, -0.2) is 0 Å². The van der Waals surface area contributed by atoms with Crippen LogP contribution in [0.4, 0.5) is 5.69 Å². The molecule has 2 aromatic heterocycles. The Bertz CT molecular complexity index is 1360. The number of nitrogens with one attached hydrogen (secondary N) is 4. The molecule has 4 N–H and O–H groups in total. The van der Waals surface area contributed by atoms with Crippen molar-refractivity contribution in [3.05, 3.63) is 71.5 Å². The number of hydrogen-bond donors (Lipinski definition) is 4. The fourth-order valence-corrected chi connectivity index (χ4v) is 4.84. The predicted octanol–water partition coefficient (Wildman–Crippen LogP) is 3.48. The van der Waals surface area contributed by atoms with Crippen LogP contribution in [-0.2, 0) is 28.9 Å².